The summed E-state index contributed by atoms with van der Waals surface area (Å²) in [7, 11) is 0. The third-order valence-electron chi connectivity index (χ3n) is 6.15. The number of alkyl halides is 3. The van der Waals surface area contributed by atoms with Crippen molar-refractivity contribution in [3.63, 3.8) is 0 Å². The van der Waals surface area contributed by atoms with Crippen LogP contribution in [0, 0.1) is 6.92 Å². The Bertz CT molecular complexity index is 1450. The zero-order chi connectivity index (χ0) is 29.0. The van der Waals surface area contributed by atoms with Gasteiger partial charge in [-0.15, -0.1) is 0 Å². The van der Waals surface area contributed by atoms with Crippen LogP contribution < -0.4 is 15.5 Å². The van der Waals surface area contributed by atoms with Gasteiger partial charge in [0.1, 0.15) is 18.4 Å². The fourth-order valence-corrected chi connectivity index (χ4v) is 4.33. The van der Waals surface area contributed by atoms with E-state index in [4.69, 9.17) is 4.74 Å². The van der Waals surface area contributed by atoms with Crippen molar-refractivity contribution >= 4 is 34.8 Å². The molecule has 2 aromatic carbocycles. The van der Waals surface area contributed by atoms with Crippen molar-refractivity contribution in [2.75, 3.05) is 6.54 Å². The van der Waals surface area contributed by atoms with Crippen LogP contribution in [0.5, 0.6) is 5.75 Å². The first-order valence-electron chi connectivity index (χ1n) is 11.9. The molecule has 0 aliphatic carbocycles. The topological polar surface area (TPSA) is 147 Å². The molecule has 1 saturated heterocycles. The number of nitrogens with one attached hydrogen (secondary N) is 2. The molecule has 3 amide bonds. The summed E-state index contributed by atoms with van der Waals surface area (Å²) in [6.07, 6.45) is -6.92. The quantitative estimate of drug-likeness (QED) is 0.390. The number of carboxylic acid groups (broad SMARTS) is 1. The number of rotatable bonds is 6. The van der Waals surface area contributed by atoms with E-state index in [2.05, 4.69) is 15.1 Å². The van der Waals surface area contributed by atoms with E-state index in [-0.39, 0.29) is 25.1 Å². The number of carbonyl (C=O) groups excluding carboxylic acids is 3. The molecule has 2 atom stereocenters. The fourth-order valence-electron chi connectivity index (χ4n) is 4.33. The van der Waals surface area contributed by atoms with E-state index < -0.39 is 42.1 Å². The highest BCUT2D eigenvalue weighted by Crippen LogP contribution is 2.23. The van der Waals surface area contributed by atoms with Gasteiger partial charge in [0.05, 0.1) is 11.6 Å². The number of benzene rings is 2. The summed E-state index contributed by atoms with van der Waals surface area (Å²) in [5, 5.41) is 12.8. The van der Waals surface area contributed by atoms with Gasteiger partial charge in [0.15, 0.2) is 0 Å². The largest absolute Gasteiger partial charge is 0.493 e. The van der Waals surface area contributed by atoms with Crippen molar-refractivity contribution in [1.29, 1.82) is 0 Å². The number of fused-ring (bicyclic) bond motifs is 1. The summed E-state index contributed by atoms with van der Waals surface area (Å²) < 4.78 is 43.0. The number of halogens is 3. The molecule has 3 N–H and O–H groups in total. The molecule has 11 nitrogen and oxygen atoms in total. The molecule has 40 heavy (non-hydrogen) atoms. The summed E-state index contributed by atoms with van der Waals surface area (Å²) in [4.78, 5) is 56.5. The number of ether oxygens (including phenoxy) is 1. The van der Waals surface area contributed by atoms with Crippen LogP contribution in [0.4, 0.5) is 18.0 Å². The van der Waals surface area contributed by atoms with Crippen LogP contribution in [0.3, 0.4) is 0 Å². The third kappa shape index (κ3) is 6.39. The van der Waals surface area contributed by atoms with Gasteiger partial charge in [-0.1, -0.05) is 18.2 Å². The van der Waals surface area contributed by atoms with Crippen LogP contribution in [0.25, 0.3) is 10.9 Å². The van der Waals surface area contributed by atoms with Crippen LogP contribution in [-0.2, 0) is 21.0 Å². The van der Waals surface area contributed by atoms with Gasteiger partial charge in [-0.2, -0.15) is 18.7 Å². The minimum atomic E-state index is -5.37. The van der Waals surface area contributed by atoms with Crippen molar-refractivity contribution < 1.29 is 47.0 Å². The molecule has 1 aliphatic heterocycles. The second kappa shape index (κ2) is 11.5. The number of likely N-dealkylation sites (tertiary alicyclic amines) is 1. The molecule has 3 aromatic rings. The lowest BCUT2D eigenvalue weighted by Gasteiger charge is -2.25. The highest BCUT2D eigenvalue weighted by atomic mass is 19.4. The van der Waals surface area contributed by atoms with Gasteiger partial charge in [0, 0.05) is 28.8 Å². The molecule has 0 radical (unpaired) electrons. The number of aryl methyl sites for hydroxylation is 1. The van der Waals surface area contributed by atoms with E-state index in [9.17, 15) is 37.5 Å². The van der Waals surface area contributed by atoms with E-state index in [0.29, 0.717) is 10.6 Å². The maximum absolute atomic E-state index is 12.8. The Morgan fingerprint density at radius 3 is 2.48 bits per heavy atom. The molecule has 1 aliphatic rings. The van der Waals surface area contributed by atoms with Crippen LogP contribution in [-0.4, -0.2) is 63.7 Å². The number of aromatic nitrogens is 1. The Morgan fingerprint density at radius 1 is 1.10 bits per heavy atom. The molecule has 210 valence electrons. The summed E-state index contributed by atoms with van der Waals surface area (Å²) in [5.41, 5.74) is 4.09. The molecule has 1 aromatic heterocycles. The number of hydrogen-bond donors (Lipinski definition) is 3. The number of amides is 3. The Hall–Kier alpha value is -4.88. The summed E-state index contributed by atoms with van der Waals surface area (Å²) >= 11 is 0. The molecule has 0 saturated carbocycles. The lowest BCUT2D eigenvalue weighted by Crippen LogP contribution is -2.55. The van der Waals surface area contributed by atoms with E-state index in [0.717, 1.165) is 22.2 Å². The van der Waals surface area contributed by atoms with Gasteiger partial charge in [-0.25, -0.2) is 9.59 Å². The Balaban J connectivity index is 1.39. The standard InChI is InChI=1S/C26H23F3N4O7/c1-14-12-16(18-4-2-3-5-19(18)30-14)13-39-17-8-6-15(7-9-17)22(34)31-20-10-11-33(25(37)38)21(20)23(35)32-40-24(36)26(27,28)29/h2-9,12,20-21H,10-11,13H2,1H3,(H,31,34)(H,32,35)(H,37,38)/t20-,21+/m1/s1. The highest BCUT2D eigenvalue weighted by Gasteiger charge is 2.45. The van der Waals surface area contributed by atoms with Crippen molar-refractivity contribution in [2.45, 2.75) is 38.2 Å². The first-order chi connectivity index (χ1) is 18.9. The van der Waals surface area contributed by atoms with E-state index >= 15 is 0 Å². The van der Waals surface area contributed by atoms with Gasteiger partial charge in [-0.3, -0.25) is 19.5 Å². The maximum atomic E-state index is 12.8. The van der Waals surface area contributed by atoms with Crippen LogP contribution >= 0.6 is 0 Å². The number of nitrogens with zero attached hydrogens (tertiary/aromatic N) is 2. The smallest absolute Gasteiger partial charge is 0.489 e. The van der Waals surface area contributed by atoms with Crippen molar-refractivity contribution in [2.24, 2.45) is 0 Å². The Labute approximate surface area is 224 Å². The normalized spacial score (nSPS) is 16.9. The van der Waals surface area contributed by atoms with Gasteiger partial charge in [0.2, 0.25) is 0 Å². The first kappa shape index (κ1) is 28.1. The van der Waals surface area contributed by atoms with Gasteiger partial charge in [-0.05, 0) is 49.7 Å². The first-order valence-corrected chi connectivity index (χ1v) is 11.9. The van der Waals surface area contributed by atoms with E-state index in [1.807, 2.05) is 37.3 Å². The zero-order valence-corrected chi connectivity index (χ0v) is 20.9. The molecule has 0 bridgehead atoms. The molecule has 2 heterocycles. The molecular weight excluding hydrogens is 537 g/mol. The molecule has 14 heteroatoms. The monoisotopic (exact) mass is 560 g/mol. The summed E-state index contributed by atoms with van der Waals surface area (Å²) in [6.45, 7) is 1.94. The summed E-state index contributed by atoms with van der Waals surface area (Å²) in [6, 6.07) is 12.9. The fraction of sp³-hybridized carbons (Fsp3) is 0.269. The minimum absolute atomic E-state index is 0.0101. The summed E-state index contributed by atoms with van der Waals surface area (Å²) in [5.74, 6) is -4.22. The minimum Gasteiger partial charge on any atom is -0.489 e. The number of carbonyl (C=O) groups is 4. The number of para-hydroxylation sites is 1. The average Bonchev–Trinajstić information content (AvgIpc) is 3.33. The van der Waals surface area contributed by atoms with Crippen LogP contribution in [0.15, 0.2) is 54.6 Å². The average molecular weight is 560 g/mol. The Kier molecular flexibility index (Phi) is 8.07. The number of hydrogen-bond acceptors (Lipinski definition) is 7. The van der Waals surface area contributed by atoms with Gasteiger partial charge >= 0.3 is 18.2 Å². The van der Waals surface area contributed by atoms with Crippen molar-refractivity contribution in [3.05, 3.63) is 71.4 Å². The third-order valence-corrected chi connectivity index (χ3v) is 6.15. The number of pyridine rings is 1. The van der Waals surface area contributed by atoms with Gasteiger partial charge < -0.3 is 20.0 Å². The molecule has 4 rings (SSSR count). The predicted octanol–water partition coefficient (Wildman–Crippen LogP) is 3.11. The maximum Gasteiger partial charge on any atom is 0.493 e. The highest BCUT2D eigenvalue weighted by molar-refractivity contribution is 5.96. The zero-order valence-electron chi connectivity index (χ0n) is 20.9. The van der Waals surface area contributed by atoms with Crippen LogP contribution in [0.2, 0.25) is 0 Å². The molecule has 0 unspecified atom stereocenters. The van der Waals surface area contributed by atoms with Crippen LogP contribution in [0.1, 0.15) is 28.0 Å². The lowest BCUT2D eigenvalue weighted by molar-refractivity contribution is -0.207. The predicted molar refractivity (Wildman–Crippen MR) is 132 cm³/mol. The second-order valence-electron chi connectivity index (χ2n) is 8.90. The lowest BCUT2D eigenvalue weighted by atomic mass is 10.1. The molecule has 1 fully saturated rings. The SMILES string of the molecule is Cc1cc(COc2ccc(C(=O)N[C@@H]3CCN(C(=O)O)[C@@H]3C(=O)NOC(=O)C(F)(F)F)cc2)c2ccccc2n1. The van der Waals surface area contributed by atoms with Crippen molar-refractivity contribution in [1.82, 2.24) is 20.7 Å². The number of hydroxylamine groups is 1. The molecular formula is C26H23F3N4O7. The van der Waals surface area contributed by atoms with E-state index in [1.54, 1.807) is 12.1 Å². The van der Waals surface area contributed by atoms with Gasteiger partial charge in [0.25, 0.3) is 11.8 Å². The Morgan fingerprint density at radius 2 is 1.80 bits per heavy atom. The molecule has 0 spiro atoms. The van der Waals surface area contributed by atoms with E-state index in [1.165, 1.54) is 17.6 Å². The second-order valence-corrected chi connectivity index (χ2v) is 8.90. The van der Waals surface area contributed by atoms with Crippen molar-refractivity contribution in [3.8, 4) is 5.75 Å².